The average molecular weight is 472 g/mol. The first-order chi connectivity index (χ1) is 13.0. The zero-order valence-electron chi connectivity index (χ0n) is 15.9. The molecule has 0 aromatic carbocycles. The number of rotatable bonds is 9. The summed E-state index contributed by atoms with van der Waals surface area (Å²) >= 11 is 0. The van der Waals surface area contributed by atoms with Crippen LogP contribution in [0.3, 0.4) is 0 Å². The minimum absolute atomic E-state index is 0.180. The molecule has 0 spiro atoms. The van der Waals surface area contributed by atoms with E-state index in [0.29, 0.717) is 0 Å². The molecule has 180 valence electrons. The first-order valence-electron chi connectivity index (χ1n) is 8.42. The predicted octanol–water partition coefficient (Wildman–Crippen LogP) is 6.64. The Morgan fingerprint density at radius 2 is 1.23 bits per heavy atom. The molecule has 30 heavy (non-hydrogen) atoms. The molecule has 3 unspecified atom stereocenters. The molecule has 0 saturated heterocycles. The lowest BCUT2D eigenvalue weighted by Crippen LogP contribution is -2.55. The van der Waals surface area contributed by atoms with E-state index in [9.17, 15) is 57.5 Å². The number of hydrogen-bond donors (Lipinski definition) is 0. The summed E-state index contributed by atoms with van der Waals surface area (Å²) in [6.07, 6.45) is -24.5. The fraction of sp³-hybridized carbons (Fsp3) is 0.938. The number of esters is 1. The van der Waals surface area contributed by atoms with Gasteiger partial charge in [-0.05, 0) is 25.7 Å². The van der Waals surface area contributed by atoms with Gasteiger partial charge in [-0.25, -0.2) is 13.2 Å². The van der Waals surface area contributed by atoms with Crippen molar-refractivity contribution in [3.05, 3.63) is 0 Å². The molecule has 0 aromatic rings. The van der Waals surface area contributed by atoms with Gasteiger partial charge in [0.25, 0.3) is 5.67 Å². The van der Waals surface area contributed by atoms with Gasteiger partial charge in [-0.15, -0.1) is 0 Å². The van der Waals surface area contributed by atoms with E-state index >= 15 is 0 Å². The largest absolute Gasteiger partial charge is 0.466 e. The quantitative estimate of drug-likeness (QED) is 0.278. The van der Waals surface area contributed by atoms with Gasteiger partial charge in [0.2, 0.25) is 5.92 Å². The van der Waals surface area contributed by atoms with Gasteiger partial charge < -0.3 is 4.74 Å². The number of carbonyl (C=O) groups excluding carboxylic acids is 1. The fourth-order valence-electron chi connectivity index (χ4n) is 2.72. The Morgan fingerprint density at radius 1 is 0.800 bits per heavy atom. The highest BCUT2D eigenvalue weighted by atomic mass is 19.4. The Morgan fingerprint density at radius 3 is 1.53 bits per heavy atom. The van der Waals surface area contributed by atoms with Crippen LogP contribution in [0.15, 0.2) is 0 Å². The SMILES string of the molecule is CC(=O)OCC(C)CC(CC(CC(F)(C(F)(F)F)C(F)(F)F)C(C)(F)F)C(F)(F)F. The molecule has 0 radical (unpaired) electrons. The van der Waals surface area contributed by atoms with Crippen LogP contribution in [0.1, 0.15) is 40.0 Å². The molecule has 3 atom stereocenters. The number of carbonyl (C=O) groups is 1. The lowest BCUT2D eigenvalue weighted by atomic mass is 9.79. The molecular formula is C16H20F12O2. The van der Waals surface area contributed by atoms with Crippen LogP contribution in [0.5, 0.6) is 0 Å². The molecular weight excluding hydrogens is 452 g/mol. The van der Waals surface area contributed by atoms with Gasteiger partial charge in [-0.3, -0.25) is 4.79 Å². The van der Waals surface area contributed by atoms with Crippen LogP contribution in [0.2, 0.25) is 0 Å². The Kier molecular flexibility index (Phi) is 8.98. The number of hydrogen-bond acceptors (Lipinski definition) is 2. The van der Waals surface area contributed by atoms with Gasteiger partial charge in [0.15, 0.2) is 0 Å². The lowest BCUT2D eigenvalue weighted by Gasteiger charge is -2.36. The summed E-state index contributed by atoms with van der Waals surface area (Å²) in [4.78, 5) is 10.7. The van der Waals surface area contributed by atoms with E-state index in [4.69, 9.17) is 0 Å². The molecule has 0 heterocycles. The molecule has 0 aliphatic rings. The van der Waals surface area contributed by atoms with Crippen molar-refractivity contribution in [3.8, 4) is 0 Å². The molecule has 0 amide bonds. The smallest absolute Gasteiger partial charge is 0.431 e. The van der Waals surface area contributed by atoms with Crippen LogP contribution in [0.25, 0.3) is 0 Å². The number of alkyl halides is 12. The summed E-state index contributed by atoms with van der Waals surface area (Å²) in [5.41, 5.74) is -6.12. The van der Waals surface area contributed by atoms with E-state index in [-0.39, 0.29) is 6.92 Å². The molecule has 0 fully saturated rings. The van der Waals surface area contributed by atoms with Gasteiger partial charge in [-0.1, -0.05) is 6.92 Å². The van der Waals surface area contributed by atoms with E-state index in [1.165, 1.54) is 0 Å². The summed E-state index contributed by atoms with van der Waals surface area (Å²) in [5.74, 6) is -12.5. The number of ether oxygens (including phenoxy) is 1. The summed E-state index contributed by atoms with van der Waals surface area (Å²) in [6.45, 7) is 1.26. The summed E-state index contributed by atoms with van der Waals surface area (Å²) < 4.78 is 162. The molecule has 0 aliphatic carbocycles. The molecule has 14 heteroatoms. The second-order valence-electron chi connectivity index (χ2n) is 7.27. The maximum Gasteiger partial charge on any atom is 0.431 e. The van der Waals surface area contributed by atoms with Gasteiger partial charge in [0.1, 0.15) is 0 Å². The molecule has 0 aromatic heterocycles. The first kappa shape index (κ1) is 28.6. The van der Waals surface area contributed by atoms with Crippen molar-refractivity contribution in [2.45, 2.75) is 70.2 Å². The van der Waals surface area contributed by atoms with Gasteiger partial charge in [-0.2, -0.15) is 39.5 Å². The van der Waals surface area contributed by atoms with Crippen molar-refractivity contribution in [1.82, 2.24) is 0 Å². The average Bonchev–Trinajstić information content (AvgIpc) is 2.46. The van der Waals surface area contributed by atoms with Gasteiger partial charge in [0, 0.05) is 19.3 Å². The highest BCUT2D eigenvalue weighted by Gasteiger charge is 2.73. The summed E-state index contributed by atoms with van der Waals surface area (Å²) in [6, 6.07) is 0. The van der Waals surface area contributed by atoms with Crippen molar-refractivity contribution < 1.29 is 62.2 Å². The van der Waals surface area contributed by atoms with Crippen molar-refractivity contribution in [1.29, 1.82) is 0 Å². The second-order valence-corrected chi connectivity index (χ2v) is 7.27. The van der Waals surface area contributed by atoms with E-state index in [2.05, 4.69) is 4.74 Å². The minimum atomic E-state index is -6.68. The second kappa shape index (κ2) is 9.41. The third-order valence-corrected chi connectivity index (χ3v) is 4.43. The van der Waals surface area contributed by atoms with Crippen molar-refractivity contribution in [3.63, 3.8) is 0 Å². The number of halogens is 12. The van der Waals surface area contributed by atoms with Crippen molar-refractivity contribution in [2.75, 3.05) is 6.61 Å². The predicted molar refractivity (Wildman–Crippen MR) is 79.3 cm³/mol. The lowest BCUT2D eigenvalue weighted by molar-refractivity contribution is -0.349. The van der Waals surface area contributed by atoms with E-state index < -0.39 is 79.7 Å². The van der Waals surface area contributed by atoms with Crippen LogP contribution < -0.4 is 0 Å². The standard InChI is InChI=1S/C16H20F12O2/c1-8(7-30-9(2)29)4-10(14(20,21)22)5-11(12(3,17)18)6-13(19,15(23,24)25)16(26,27)28/h8,10-11H,4-7H2,1-3H3. The monoisotopic (exact) mass is 472 g/mol. The zero-order chi connectivity index (χ0) is 24.3. The molecule has 0 N–H and O–H groups in total. The summed E-state index contributed by atoms with van der Waals surface area (Å²) in [7, 11) is 0. The molecule has 2 nitrogen and oxygen atoms in total. The normalized spacial score (nSPS) is 17.4. The molecule has 0 rings (SSSR count). The molecule has 0 aliphatic heterocycles. The van der Waals surface area contributed by atoms with Crippen LogP contribution in [-0.4, -0.2) is 42.7 Å². The van der Waals surface area contributed by atoms with Crippen molar-refractivity contribution in [2.24, 2.45) is 17.8 Å². The van der Waals surface area contributed by atoms with Crippen molar-refractivity contribution >= 4 is 5.97 Å². The Hall–Kier alpha value is -1.37. The Bertz CT molecular complexity index is 545. The Labute approximate surface area is 163 Å². The van der Waals surface area contributed by atoms with Crippen LogP contribution in [-0.2, 0) is 9.53 Å². The highest BCUT2D eigenvalue weighted by molar-refractivity contribution is 5.65. The molecule has 0 saturated carbocycles. The first-order valence-corrected chi connectivity index (χ1v) is 8.42. The van der Waals surface area contributed by atoms with E-state index in [1.807, 2.05) is 0 Å². The van der Waals surface area contributed by atoms with Crippen LogP contribution in [0, 0.1) is 17.8 Å². The topological polar surface area (TPSA) is 26.3 Å². The summed E-state index contributed by atoms with van der Waals surface area (Å²) in [5, 5.41) is 0. The van der Waals surface area contributed by atoms with E-state index in [1.54, 1.807) is 0 Å². The Balaban J connectivity index is 5.87. The van der Waals surface area contributed by atoms with Gasteiger partial charge in [0.05, 0.1) is 12.5 Å². The maximum absolute atomic E-state index is 13.9. The minimum Gasteiger partial charge on any atom is -0.466 e. The highest BCUT2D eigenvalue weighted by Crippen LogP contribution is 2.53. The van der Waals surface area contributed by atoms with Gasteiger partial charge >= 0.3 is 24.5 Å². The third kappa shape index (κ3) is 8.05. The van der Waals surface area contributed by atoms with Crippen LogP contribution in [0.4, 0.5) is 52.7 Å². The zero-order valence-corrected chi connectivity index (χ0v) is 15.9. The van der Waals surface area contributed by atoms with E-state index in [0.717, 1.165) is 13.8 Å². The molecule has 0 bridgehead atoms. The maximum atomic E-state index is 13.9. The third-order valence-electron chi connectivity index (χ3n) is 4.43. The fourth-order valence-corrected chi connectivity index (χ4v) is 2.72. The van der Waals surface area contributed by atoms with Crippen LogP contribution >= 0.6 is 0 Å².